The molecule has 0 aliphatic rings. The van der Waals surface area contributed by atoms with E-state index in [1.165, 1.54) is 0 Å². The molecule has 0 unspecified atom stereocenters. The predicted octanol–water partition coefficient (Wildman–Crippen LogP) is 4.65. The summed E-state index contributed by atoms with van der Waals surface area (Å²) in [5, 5.41) is 0. The summed E-state index contributed by atoms with van der Waals surface area (Å²) >= 11 is 0. The van der Waals surface area contributed by atoms with Gasteiger partial charge < -0.3 is 9.57 Å². The normalized spacial score (nSPS) is 10.3. The third-order valence-corrected chi connectivity index (χ3v) is 4.53. The Hall–Kier alpha value is -3.60. The van der Waals surface area contributed by atoms with Crippen molar-refractivity contribution in [3.05, 3.63) is 101 Å². The standard InChI is InChI=1S/C25H25NO4/c1-2-10-21-15-9-16-22(30-26-23(27)17-19-11-5-3-6-12-19)24(21)25(28)29-18-20-13-7-4-8-14-20/h3-9,11-16H,2,10,17-18H2,1H3,(H,26,27). The van der Waals surface area contributed by atoms with Crippen LogP contribution >= 0.6 is 0 Å². The molecule has 1 amide bonds. The van der Waals surface area contributed by atoms with Crippen molar-refractivity contribution in [1.29, 1.82) is 0 Å². The van der Waals surface area contributed by atoms with Crippen molar-refractivity contribution in [1.82, 2.24) is 5.48 Å². The van der Waals surface area contributed by atoms with Crippen LogP contribution in [0.5, 0.6) is 5.75 Å². The first-order chi connectivity index (χ1) is 14.7. The van der Waals surface area contributed by atoms with Gasteiger partial charge in [0.25, 0.3) is 5.91 Å². The summed E-state index contributed by atoms with van der Waals surface area (Å²) in [6.45, 7) is 2.20. The largest absolute Gasteiger partial charge is 0.457 e. The van der Waals surface area contributed by atoms with Crippen LogP contribution in [0.1, 0.15) is 40.4 Å². The van der Waals surface area contributed by atoms with E-state index in [-0.39, 0.29) is 24.7 Å². The van der Waals surface area contributed by atoms with Gasteiger partial charge in [-0.05, 0) is 29.2 Å². The van der Waals surface area contributed by atoms with Crippen molar-refractivity contribution in [2.45, 2.75) is 32.8 Å². The van der Waals surface area contributed by atoms with Crippen molar-refractivity contribution in [3.8, 4) is 5.75 Å². The van der Waals surface area contributed by atoms with Crippen LogP contribution in [0.3, 0.4) is 0 Å². The van der Waals surface area contributed by atoms with Crippen molar-refractivity contribution < 1.29 is 19.2 Å². The molecule has 3 aromatic carbocycles. The molecule has 0 fully saturated rings. The SMILES string of the molecule is CCCc1cccc(ONC(=O)Cc2ccccc2)c1C(=O)OCc1ccccc1. The molecule has 5 heteroatoms. The molecule has 0 aliphatic carbocycles. The summed E-state index contributed by atoms with van der Waals surface area (Å²) in [6, 6.07) is 24.2. The Morgan fingerprint density at radius 3 is 2.17 bits per heavy atom. The van der Waals surface area contributed by atoms with Crippen LogP contribution < -0.4 is 10.3 Å². The molecular formula is C25H25NO4. The quantitative estimate of drug-likeness (QED) is 0.417. The fourth-order valence-corrected chi connectivity index (χ4v) is 3.10. The molecule has 1 N–H and O–H groups in total. The van der Waals surface area contributed by atoms with Crippen molar-refractivity contribution in [2.24, 2.45) is 0 Å². The van der Waals surface area contributed by atoms with E-state index >= 15 is 0 Å². The molecule has 0 atom stereocenters. The minimum Gasteiger partial charge on any atom is -0.457 e. The van der Waals surface area contributed by atoms with Crippen molar-refractivity contribution >= 4 is 11.9 Å². The Morgan fingerprint density at radius 2 is 1.50 bits per heavy atom. The Balaban J connectivity index is 1.71. The van der Waals surface area contributed by atoms with Gasteiger partial charge in [-0.1, -0.05) is 86.1 Å². The van der Waals surface area contributed by atoms with E-state index < -0.39 is 5.97 Å². The maximum Gasteiger partial charge on any atom is 0.342 e. The Labute approximate surface area is 176 Å². The molecule has 5 nitrogen and oxygen atoms in total. The third-order valence-electron chi connectivity index (χ3n) is 4.53. The number of esters is 1. The van der Waals surface area contributed by atoms with Gasteiger partial charge in [-0.3, -0.25) is 4.79 Å². The first kappa shape index (κ1) is 21.1. The number of hydroxylamine groups is 1. The fraction of sp³-hybridized carbons (Fsp3) is 0.200. The first-order valence-electron chi connectivity index (χ1n) is 10.00. The number of hydrogen-bond acceptors (Lipinski definition) is 4. The fourth-order valence-electron chi connectivity index (χ4n) is 3.10. The van der Waals surface area contributed by atoms with Gasteiger partial charge >= 0.3 is 5.97 Å². The van der Waals surface area contributed by atoms with E-state index in [1.807, 2.05) is 73.7 Å². The van der Waals surface area contributed by atoms with Crippen LogP contribution in [-0.2, 0) is 29.0 Å². The molecule has 154 valence electrons. The lowest BCUT2D eigenvalue weighted by Gasteiger charge is -2.15. The van der Waals surface area contributed by atoms with Crippen molar-refractivity contribution in [3.63, 3.8) is 0 Å². The van der Waals surface area contributed by atoms with Gasteiger partial charge in [0.1, 0.15) is 12.2 Å². The van der Waals surface area contributed by atoms with Gasteiger partial charge in [-0.2, -0.15) is 5.48 Å². The van der Waals surface area contributed by atoms with Gasteiger partial charge in [0.2, 0.25) is 0 Å². The van der Waals surface area contributed by atoms with E-state index in [4.69, 9.17) is 9.57 Å². The van der Waals surface area contributed by atoms with Crippen LogP contribution in [0.4, 0.5) is 0 Å². The summed E-state index contributed by atoms with van der Waals surface area (Å²) in [7, 11) is 0. The maximum atomic E-state index is 12.9. The number of carbonyl (C=O) groups excluding carboxylic acids is 2. The topological polar surface area (TPSA) is 64.6 Å². The second-order valence-corrected chi connectivity index (χ2v) is 6.89. The van der Waals surface area contributed by atoms with E-state index in [0.717, 1.165) is 23.1 Å². The highest BCUT2D eigenvalue weighted by atomic mass is 16.7. The lowest BCUT2D eigenvalue weighted by Crippen LogP contribution is -2.29. The molecule has 0 radical (unpaired) electrons. The average Bonchev–Trinajstić information content (AvgIpc) is 2.78. The third kappa shape index (κ3) is 5.95. The Kier molecular flexibility index (Phi) is 7.61. The van der Waals surface area contributed by atoms with Gasteiger partial charge in [0.15, 0.2) is 5.75 Å². The number of carbonyl (C=O) groups is 2. The Morgan fingerprint density at radius 1 is 0.833 bits per heavy atom. The Bertz CT molecular complexity index is 971. The summed E-state index contributed by atoms with van der Waals surface area (Å²) < 4.78 is 5.51. The average molecular weight is 403 g/mol. The predicted molar refractivity (Wildman–Crippen MR) is 115 cm³/mol. The van der Waals surface area contributed by atoms with Crippen LogP contribution in [0.15, 0.2) is 78.9 Å². The molecule has 30 heavy (non-hydrogen) atoms. The zero-order valence-corrected chi connectivity index (χ0v) is 17.0. The summed E-state index contributed by atoms with van der Waals surface area (Å²) in [5.41, 5.74) is 5.38. The number of ether oxygens (including phenoxy) is 1. The molecule has 0 aliphatic heterocycles. The van der Waals surface area contributed by atoms with E-state index in [2.05, 4.69) is 5.48 Å². The summed E-state index contributed by atoms with van der Waals surface area (Å²) in [6.07, 6.45) is 1.75. The highest BCUT2D eigenvalue weighted by molar-refractivity contribution is 5.94. The lowest BCUT2D eigenvalue weighted by atomic mass is 10.0. The molecule has 0 bridgehead atoms. The molecule has 3 rings (SSSR count). The molecule has 0 aromatic heterocycles. The number of hydrogen-bond donors (Lipinski definition) is 1. The van der Waals surface area contributed by atoms with Gasteiger partial charge in [0, 0.05) is 0 Å². The minimum absolute atomic E-state index is 0.167. The van der Waals surface area contributed by atoms with E-state index in [1.54, 1.807) is 12.1 Å². The van der Waals surface area contributed by atoms with Crippen LogP contribution in [0.2, 0.25) is 0 Å². The van der Waals surface area contributed by atoms with Gasteiger partial charge in [0.05, 0.1) is 6.42 Å². The second kappa shape index (κ2) is 10.8. The number of benzene rings is 3. The smallest absolute Gasteiger partial charge is 0.342 e. The monoisotopic (exact) mass is 403 g/mol. The van der Waals surface area contributed by atoms with Crippen LogP contribution in [-0.4, -0.2) is 11.9 Å². The van der Waals surface area contributed by atoms with E-state index in [0.29, 0.717) is 12.0 Å². The van der Waals surface area contributed by atoms with Crippen molar-refractivity contribution in [2.75, 3.05) is 0 Å². The minimum atomic E-state index is -0.477. The number of amides is 1. The van der Waals surface area contributed by atoms with Crippen LogP contribution in [0, 0.1) is 0 Å². The summed E-state index contributed by atoms with van der Waals surface area (Å²) in [5.74, 6) is -0.499. The van der Waals surface area contributed by atoms with Gasteiger partial charge in [-0.15, -0.1) is 0 Å². The first-order valence-corrected chi connectivity index (χ1v) is 10.00. The zero-order chi connectivity index (χ0) is 21.2. The lowest BCUT2D eigenvalue weighted by molar-refractivity contribution is -0.127. The molecular weight excluding hydrogens is 378 g/mol. The van der Waals surface area contributed by atoms with Gasteiger partial charge in [-0.25, -0.2) is 4.79 Å². The molecule has 0 heterocycles. The molecule has 0 spiro atoms. The maximum absolute atomic E-state index is 12.9. The summed E-state index contributed by atoms with van der Waals surface area (Å²) in [4.78, 5) is 30.6. The van der Waals surface area contributed by atoms with Crippen LogP contribution in [0.25, 0.3) is 0 Å². The number of nitrogens with one attached hydrogen (secondary N) is 1. The van der Waals surface area contributed by atoms with E-state index in [9.17, 15) is 9.59 Å². The molecule has 0 saturated heterocycles. The number of rotatable bonds is 9. The molecule has 0 saturated carbocycles. The highest BCUT2D eigenvalue weighted by Crippen LogP contribution is 2.25. The molecule has 3 aromatic rings. The number of aryl methyl sites for hydroxylation is 1. The second-order valence-electron chi connectivity index (χ2n) is 6.89. The highest BCUT2D eigenvalue weighted by Gasteiger charge is 2.20. The zero-order valence-electron chi connectivity index (χ0n) is 17.0.